The molecule has 0 atom stereocenters. The van der Waals surface area contributed by atoms with Crippen molar-refractivity contribution >= 4 is 23.3 Å². The zero-order valence-electron chi connectivity index (χ0n) is 15.9. The molecule has 3 rings (SSSR count). The predicted octanol–water partition coefficient (Wildman–Crippen LogP) is 1.37. The summed E-state index contributed by atoms with van der Waals surface area (Å²) in [5.41, 5.74) is 1.62. The summed E-state index contributed by atoms with van der Waals surface area (Å²) in [5, 5.41) is 8.45. The lowest BCUT2D eigenvalue weighted by molar-refractivity contribution is -0.908. The van der Waals surface area contributed by atoms with Gasteiger partial charge < -0.3 is 25.6 Å². The topological polar surface area (TPSA) is 83.9 Å². The number of rotatable bonds is 7. The summed E-state index contributed by atoms with van der Waals surface area (Å²) < 4.78 is 5.35. The van der Waals surface area contributed by atoms with E-state index in [9.17, 15) is 9.59 Å². The van der Waals surface area contributed by atoms with Crippen LogP contribution in [0.25, 0.3) is 0 Å². The number of carbonyl (C=O) groups is 2. The normalized spacial score (nSPS) is 14.3. The van der Waals surface area contributed by atoms with Crippen LogP contribution >= 0.6 is 0 Å². The second-order valence-corrected chi connectivity index (χ2v) is 6.71. The van der Waals surface area contributed by atoms with Crippen LogP contribution in [0.1, 0.15) is 16.8 Å². The summed E-state index contributed by atoms with van der Waals surface area (Å²) in [6.07, 6.45) is 0.908. The molecule has 7 nitrogen and oxygen atoms in total. The highest BCUT2D eigenvalue weighted by atomic mass is 16.5. The van der Waals surface area contributed by atoms with Gasteiger partial charge in [0.25, 0.3) is 5.91 Å². The van der Waals surface area contributed by atoms with E-state index in [2.05, 4.69) is 16.0 Å². The fourth-order valence-electron chi connectivity index (χ4n) is 3.14. The number of ether oxygens (including phenoxy) is 1. The van der Waals surface area contributed by atoms with E-state index in [-0.39, 0.29) is 11.9 Å². The van der Waals surface area contributed by atoms with Crippen molar-refractivity contribution in [3.63, 3.8) is 0 Å². The third-order valence-electron chi connectivity index (χ3n) is 4.64. The highest BCUT2D eigenvalue weighted by molar-refractivity contribution is 6.06. The number of anilines is 2. The first-order chi connectivity index (χ1) is 13.7. The van der Waals surface area contributed by atoms with Crippen molar-refractivity contribution in [2.24, 2.45) is 0 Å². The van der Waals surface area contributed by atoms with Gasteiger partial charge in [-0.25, -0.2) is 4.79 Å². The quantitative estimate of drug-likeness (QED) is 0.545. The van der Waals surface area contributed by atoms with E-state index in [0.29, 0.717) is 23.5 Å². The zero-order chi connectivity index (χ0) is 19.6. The van der Waals surface area contributed by atoms with E-state index in [1.165, 1.54) is 4.90 Å². The first-order valence-electron chi connectivity index (χ1n) is 9.64. The molecule has 7 heteroatoms. The molecule has 0 unspecified atom stereocenters. The van der Waals surface area contributed by atoms with Crippen LogP contribution in [0.3, 0.4) is 0 Å². The van der Waals surface area contributed by atoms with Crippen LogP contribution in [0, 0.1) is 0 Å². The van der Waals surface area contributed by atoms with Crippen LogP contribution in [0.4, 0.5) is 16.2 Å². The maximum atomic E-state index is 12.5. The fourth-order valence-corrected chi connectivity index (χ4v) is 3.14. The van der Waals surface area contributed by atoms with Crippen molar-refractivity contribution in [2.75, 3.05) is 50.0 Å². The number of para-hydroxylation sites is 2. The van der Waals surface area contributed by atoms with E-state index >= 15 is 0 Å². The van der Waals surface area contributed by atoms with Gasteiger partial charge in [0.2, 0.25) is 0 Å². The Labute approximate surface area is 165 Å². The van der Waals surface area contributed by atoms with Gasteiger partial charge in [0, 0.05) is 18.7 Å². The third kappa shape index (κ3) is 6.07. The summed E-state index contributed by atoms with van der Waals surface area (Å²) in [7, 11) is 0. The Morgan fingerprint density at radius 3 is 2.43 bits per heavy atom. The largest absolute Gasteiger partial charge is 0.370 e. The van der Waals surface area contributed by atoms with E-state index in [1.54, 1.807) is 36.4 Å². The van der Waals surface area contributed by atoms with Crippen LogP contribution in [-0.2, 0) is 4.74 Å². The molecule has 0 radical (unpaired) electrons. The molecule has 0 spiro atoms. The number of morpholine rings is 1. The minimum atomic E-state index is -0.387. The van der Waals surface area contributed by atoms with Crippen molar-refractivity contribution in [3.8, 4) is 0 Å². The van der Waals surface area contributed by atoms with Crippen LogP contribution in [0.5, 0.6) is 0 Å². The first kappa shape index (κ1) is 19.9. The summed E-state index contributed by atoms with van der Waals surface area (Å²) >= 11 is 0. The molecule has 0 saturated carbocycles. The number of hydrogen-bond acceptors (Lipinski definition) is 3. The first-order valence-corrected chi connectivity index (χ1v) is 9.64. The monoisotopic (exact) mass is 383 g/mol. The molecule has 4 N–H and O–H groups in total. The van der Waals surface area contributed by atoms with Gasteiger partial charge >= 0.3 is 6.03 Å². The number of hydrogen-bond donors (Lipinski definition) is 4. The number of amides is 3. The van der Waals surface area contributed by atoms with Gasteiger partial charge in [-0.15, -0.1) is 0 Å². The predicted molar refractivity (Wildman–Crippen MR) is 109 cm³/mol. The molecule has 3 amide bonds. The van der Waals surface area contributed by atoms with E-state index in [4.69, 9.17) is 4.74 Å². The Bertz CT molecular complexity index is 776. The Hall–Kier alpha value is -2.90. The van der Waals surface area contributed by atoms with Gasteiger partial charge in [0.1, 0.15) is 13.1 Å². The van der Waals surface area contributed by atoms with Crippen molar-refractivity contribution in [1.29, 1.82) is 0 Å². The van der Waals surface area contributed by atoms with Gasteiger partial charge in [-0.3, -0.25) is 4.79 Å². The molecule has 0 aliphatic carbocycles. The van der Waals surface area contributed by atoms with E-state index in [1.807, 2.05) is 18.2 Å². The molecule has 1 fully saturated rings. The average molecular weight is 383 g/mol. The van der Waals surface area contributed by atoms with Crippen LogP contribution < -0.4 is 20.9 Å². The lowest BCUT2D eigenvalue weighted by Gasteiger charge is -2.23. The summed E-state index contributed by atoms with van der Waals surface area (Å²) in [5.74, 6) is -0.187. The summed E-state index contributed by atoms with van der Waals surface area (Å²) in [6.45, 7) is 5.29. The molecule has 28 heavy (non-hydrogen) atoms. The molecular weight excluding hydrogens is 356 g/mol. The molecular formula is C21H27N4O3+. The minimum absolute atomic E-state index is 0.187. The van der Waals surface area contributed by atoms with Crippen molar-refractivity contribution in [1.82, 2.24) is 5.32 Å². The van der Waals surface area contributed by atoms with Crippen molar-refractivity contribution in [3.05, 3.63) is 60.2 Å². The molecule has 1 aliphatic heterocycles. The maximum Gasteiger partial charge on any atom is 0.323 e. The Kier molecular flexibility index (Phi) is 7.40. The van der Waals surface area contributed by atoms with Gasteiger partial charge in [-0.2, -0.15) is 0 Å². The highest BCUT2D eigenvalue weighted by Gasteiger charge is 2.15. The molecule has 2 aromatic carbocycles. The van der Waals surface area contributed by atoms with Crippen molar-refractivity contribution in [2.45, 2.75) is 6.42 Å². The van der Waals surface area contributed by atoms with Crippen LogP contribution in [-0.4, -0.2) is 51.3 Å². The lowest BCUT2D eigenvalue weighted by Crippen LogP contribution is -3.14. The fraction of sp³-hybridized carbons (Fsp3) is 0.333. The van der Waals surface area contributed by atoms with Crippen molar-refractivity contribution < 1.29 is 19.2 Å². The summed E-state index contributed by atoms with van der Waals surface area (Å²) in [6, 6.07) is 15.8. The molecule has 0 bridgehead atoms. The molecule has 1 saturated heterocycles. The lowest BCUT2D eigenvalue weighted by atomic mass is 10.1. The second-order valence-electron chi connectivity index (χ2n) is 6.71. The van der Waals surface area contributed by atoms with Gasteiger partial charge in [-0.05, 0) is 24.3 Å². The number of nitrogens with one attached hydrogen (secondary N) is 4. The van der Waals surface area contributed by atoms with E-state index < -0.39 is 0 Å². The Balaban J connectivity index is 1.49. The average Bonchev–Trinajstić information content (AvgIpc) is 2.73. The molecule has 148 valence electrons. The zero-order valence-corrected chi connectivity index (χ0v) is 15.9. The smallest absolute Gasteiger partial charge is 0.323 e. The van der Waals surface area contributed by atoms with Crippen LogP contribution in [0.15, 0.2) is 54.6 Å². The van der Waals surface area contributed by atoms with Gasteiger partial charge in [0.15, 0.2) is 0 Å². The number of carbonyl (C=O) groups excluding carboxylic acids is 2. The second kappa shape index (κ2) is 10.4. The minimum Gasteiger partial charge on any atom is -0.370 e. The molecule has 0 aromatic heterocycles. The number of benzene rings is 2. The van der Waals surface area contributed by atoms with E-state index in [0.717, 1.165) is 39.3 Å². The number of urea groups is 1. The highest BCUT2D eigenvalue weighted by Crippen LogP contribution is 2.15. The molecule has 2 aromatic rings. The summed E-state index contributed by atoms with van der Waals surface area (Å²) in [4.78, 5) is 26.3. The molecule has 1 aliphatic rings. The number of quaternary nitrogens is 1. The SMILES string of the molecule is O=C(Nc1ccccc1)Nc1ccccc1C(=O)NCCC[NH+]1CCOCC1. The maximum absolute atomic E-state index is 12.5. The van der Waals surface area contributed by atoms with Gasteiger partial charge in [0.05, 0.1) is 31.0 Å². The molecule has 1 heterocycles. The Morgan fingerprint density at radius 1 is 0.929 bits per heavy atom. The third-order valence-corrected chi connectivity index (χ3v) is 4.64. The van der Waals surface area contributed by atoms with Gasteiger partial charge in [-0.1, -0.05) is 30.3 Å². The Morgan fingerprint density at radius 2 is 1.64 bits per heavy atom. The standard InChI is InChI=1S/C21H26N4O3/c26-20(22-11-6-12-25-13-15-28-16-14-25)18-9-4-5-10-19(18)24-21(27)23-17-7-2-1-3-8-17/h1-5,7-10H,6,11-16H2,(H,22,26)(H2,23,24,27)/p+1. The van der Waals surface area contributed by atoms with Crippen LogP contribution in [0.2, 0.25) is 0 Å².